The number of likely N-dealkylation sites (N-methyl/N-ethyl adjacent to an activating group) is 1. The highest BCUT2D eigenvalue weighted by molar-refractivity contribution is 5.68. The van der Waals surface area contributed by atoms with E-state index < -0.39 is 17.8 Å². The van der Waals surface area contributed by atoms with E-state index in [1.165, 1.54) is 0 Å². The zero-order valence-corrected chi connectivity index (χ0v) is 16.0. The lowest BCUT2D eigenvalue weighted by atomic mass is 10.2. The summed E-state index contributed by atoms with van der Waals surface area (Å²) in [4.78, 5) is 14.1. The van der Waals surface area contributed by atoms with Crippen molar-refractivity contribution in [1.29, 1.82) is 0 Å². The Morgan fingerprint density at radius 3 is 2.44 bits per heavy atom. The molecule has 1 unspecified atom stereocenters. The van der Waals surface area contributed by atoms with Crippen molar-refractivity contribution < 1.29 is 19.1 Å². The van der Waals surface area contributed by atoms with Crippen molar-refractivity contribution in [2.24, 2.45) is 0 Å². The number of aliphatic hydroxyl groups excluding tert-OH is 1. The molecule has 0 saturated carbocycles. The number of terminal acetylenes is 1. The molecular formula is C20H31N2O3+. The van der Waals surface area contributed by atoms with Crippen molar-refractivity contribution in [3.8, 4) is 12.3 Å². The summed E-state index contributed by atoms with van der Waals surface area (Å²) in [5.41, 5.74) is 0.397. The number of rotatable bonds is 7. The fraction of sp³-hybridized carbons (Fsp3) is 0.550. The Kier molecular flexibility index (Phi) is 7.47. The molecule has 138 valence electrons. The number of carbonyl (C=O) groups excluding carboxylic acids is 1. The molecule has 1 rings (SSSR count). The zero-order chi connectivity index (χ0) is 19.1. The molecule has 0 heterocycles. The molecule has 0 fully saturated rings. The molecule has 0 saturated heterocycles. The molecule has 1 aromatic carbocycles. The Morgan fingerprint density at radius 2 is 1.92 bits per heavy atom. The maximum absolute atomic E-state index is 12.5. The average Bonchev–Trinajstić information content (AvgIpc) is 2.45. The second-order valence-electron chi connectivity index (χ2n) is 7.98. The molecule has 0 radical (unpaired) electrons. The monoisotopic (exact) mass is 347 g/mol. The first-order valence-corrected chi connectivity index (χ1v) is 8.48. The first-order valence-electron chi connectivity index (χ1n) is 8.48. The lowest BCUT2D eigenvalue weighted by Gasteiger charge is -2.33. The molecule has 0 spiro atoms. The van der Waals surface area contributed by atoms with Gasteiger partial charge in [0.15, 0.2) is 0 Å². The summed E-state index contributed by atoms with van der Waals surface area (Å²) in [6.45, 7) is 7.03. The first kappa shape index (κ1) is 21.0. The van der Waals surface area contributed by atoms with E-state index in [-0.39, 0.29) is 6.54 Å². The van der Waals surface area contributed by atoms with Gasteiger partial charge in [0.2, 0.25) is 0 Å². The third kappa shape index (κ3) is 8.57. The molecule has 0 bridgehead atoms. The number of amides is 1. The number of benzene rings is 1. The summed E-state index contributed by atoms with van der Waals surface area (Å²) in [5.74, 6) is 2.62. The number of hydrogen-bond acceptors (Lipinski definition) is 3. The van der Waals surface area contributed by atoms with Crippen molar-refractivity contribution >= 4 is 6.09 Å². The molecule has 0 aliphatic rings. The van der Waals surface area contributed by atoms with Gasteiger partial charge < -0.3 is 19.2 Å². The van der Waals surface area contributed by atoms with Crippen LogP contribution in [0.2, 0.25) is 0 Å². The van der Waals surface area contributed by atoms with Crippen molar-refractivity contribution in [2.75, 3.05) is 33.7 Å². The van der Waals surface area contributed by atoms with Crippen LogP contribution in [0.15, 0.2) is 30.3 Å². The maximum atomic E-state index is 12.5. The fourth-order valence-corrected chi connectivity index (χ4v) is 2.53. The van der Waals surface area contributed by atoms with Gasteiger partial charge in [-0.05, 0) is 32.3 Å². The Hall–Kier alpha value is -2.03. The maximum Gasteiger partial charge on any atom is 0.410 e. The van der Waals surface area contributed by atoms with Gasteiger partial charge >= 0.3 is 6.09 Å². The van der Waals surface area contributed by atoms with Gasteiger partial charge in [0.1, 0.15) is 24.8 Å². The Balaban J connectivity index is 2.83. The average molecular weight is 347 g/mol. The summed E-state index contributed by atoms with van der Waals surface area (Å²) in [7, 11) is 3.91. The second kappa shape index (κ2) is 8.89. The molecule has 1 N–H and O–H groups in total. The lowest BCUT2D eigenvalue weighted by Crippen LogP contribution is -2.50. The topological polar surface area (TPSA) is 49.8 Å². The van der Waals surface area contributed by atoms with Crippen molar-refractivity contribution in [3.63, 3.8) is 0 Å². The highest BCUT2D eigenvalue weighted by Crippen LogP contribution is 2.14. The number of ether oxygens (including phenoxy) is 1. The van der Waals surface area contributed by atoms with Crippen molar-refractivity contribution in [2.45, 2.75) is 39.0 Å². The fourth-order valence-electron chi connectivity index (χ4n) is 2.53. The van der Waals surface area contributed by atoms with Crippen LogP contribution in [-0.4, -0.2) is 66.0 Å². The van der Waals surface area contributed by atoms with Crippen LogP contribution in [-0.2, 0) is 11.3 Å². The van der Waals surface area contributed by atoms with Gasteiger partial charge in [-0.15, -0.1) is 6.42 Å². The Labute approximate surface area is 151 Å². The highest BCUT2D eigenvalue weighted by atomic mass is 16.6. The quantitative estimate of drug-likeness (QED) is 0.609. The molecule has 1 aromatic rings. The Bertz CT molecular complexity index is 585. The SMILES string of the molecule is C#CC[N+](C)(C)CC(O)CN(Cc1ccccc1)C(=O)OC(C)(C)C. The first-order chi connectivity index (χ1) is 11.5. The van der Waals surface area contributed by atoms with E-state index in [9.17, 15) is 9.90 Å². The number of carbonyl (C=O) groups is 1. The van der Waals surface area contributed by atoms with Gasteiger partial charge in [0.05, 0.1) is 20.6 Å². The van der Waals surface area contributed by atoms with Gasteiger partial charge in [-0.1, -0.05) is 30.3 Å². The van der Waals surface area contributed by atoms with Crippen molar-refractivity contribution in [1.82, 2.24) is 4.90 Å². The third-order valence-electron chi connectivity index (χ3n) is 3.52. The third-order valence-corrected chi connectivity index (χ3v) is 3.52. The predicted octanol–water partition coefficient (Wildman–Crippen LogP) is 2.49. The van der Waals surface area contributed by atoms with Crippen LogP contribution in [0.4, 0.5) is 4.79 Å². The van der Waals surface area contributed by atoms with E-state index in [1.54, 1.807) is 4.90 Å². The number of hydrogen-bond donors (Lipinski definition) is 1. The van der Waals surface area contributed by atoms with Crippen LogP contribution in [0.1, 0.15) is 26.3 Å². The van der Waals surface area contributed by atoms with Gasteiger partial charge in [-0.2, -0.15) is 0 Å². The Morgan fingerprint density at radius 1 is 1.32 bits per heavy atom. The molecule has 1 atom stereocenters. The van der Waals surface area contributed by atoms with E-state index in [4.69, 9.17) is 11.2 Å². The number of quaternary nitrogens is 1. The van der Waals surface area contributed by atoms with Crippen LogP contribution in [0.5, 0.6) is 0 Å². The lowest BCUT2D eigenvalue weighted by molar-refractivity contribution is -0.886. The molecule has 1 amide bonds. The minimum Gasteiger partial charge on any atom is -0.444 e. The van der Waals surface area contributed by atoms with Gasteiger partial charge in [0.25, 0.3) is 0 Å². The summed E-state index contributed by atoms with van der Waals surface area (Å²) < 4.78 is 5.98. The molecule has 25 heavy (non-hydrogen) atoms. The smallest absolute Gasteiger partial charge is 0.410 e. The van der Waals surface area contributed by atoms with Crippen molar-refractivity contribution in [3.05, 3.63) is 35.9 Å². The van der Waals surface area contributed by atoms with Gasteiger partial charge in [0, 0.05) is 6.54 Å². The standard InChI is InChI=1S/C20H31N2O3/c1-7-13-22(5,6)16-18(23)15-21(19(24)25-20(2,3)4)14-17-11-9-8-10-12-17/h1,8-12,18,23H,13-16H2,2-6H3/q+1. The highest BCUT2D eigenvalue weighted by Gasteiger charge is 2.27. The van der Waals surface area contributed by atoms with E-state index in [0.717, 1.165) is 5.56 Å². The summed E-state index contributed by atoms with van der Waals surface area (Å²) in [5, 5.41) is 10.5. The van der Waals surface area contributed by atoms with Crippen LogP contribution in [0, 0.1) is 12.3 Å². The normalized spacial score (nSPS) is 13.0. The molecule has 0 aromatic heterocycles. The van der Waals surface area contributed by atoms with E-state index in [1.807, 2.05) is 65.2 Å². The molecule has 0 aliphatic carbocycles. The minimum atomic E-state index is -0.695. The number of nitrogens with zero attached hydrogens (tertiary/aromatic N) is 2. The van der Waals surface area contributed by atoms with Crippen LogP contribution >= 0.6 is 0 Å². The minimum absolute atomic E-state index is 0.191. The summed E-state index contributed by atoms with van der Waals surface area (Å²) in [6.07, 6.45) is 4.25. The molecular weight excluding hydrogens is 316 g/mol. The summed E-state index contributed by atoms with van der Waals surface area (Å²) >= 11 is 0. The van der Waals surface area contributed by atoms with E-state index in [2.05, 4.69) is 5.92 Å². The zero-order valence-electron chi connectivity index (χ0n) is 16.0. The summed E-state index contributed by atoms with van der Waals surface area (Å²) in [6, 6.07) is 9.66. The van der Waals surface area contributed by atoms with Crippen LogP contribution in [0.25, 0.3) is 0 Å². The van der Waals surface area contributed by atoms with Crippen LogP contribution in [0.3, 0.4) is 0 Å². The molecule has 5 heteroatoms. The predicted molar refractivity (Wildman–Crippen MR) is 99.8 cm³/mol. The molecule has 0 aliphatic heterocycles. The van der Waals surface area contributed by atoms with E-state index >= 15 is 0 Å². The van der Waals surface area contributed by atoms with E-state index in [0.29, 0.717) is 24.1 Å². The largest absolute Gasteiger partial charge is 0.444 e. The van der Waals surface area contributed by atoms with Crippen LogP contribution < -0.4 is 0 Å². The number of aliphatic hydroxyl groups is 1. The van der Waals surface area contributed by atoms with Gasteiger partial charge in [-0.25, -0.2) is 4.79 Å². The van der Waals surface area contributed by atoms with Gasteiger partial charge in [-0.3, -0.25) is 0 Å². The molecule has 5 nitrogen and oxygen atoms in total. The second-order valence-corrected chi connectivity index (χ2v) is 7.98.